The van der Waals surface area contributed by atoms with Crippen molar-refractivity contribution < 1.29 is 4.79 Å². The summed E-state index contributed by atoms with van der Waals surface area (Å²) in [5.74, 6) is 1.05. The minimum Gasteiger partial charge on any atom is -0.326 e. The van der Waals surface area contributed by atoms with Crippen LogP contribution < -0.4 is 10.6 Å². The Morgan fingerprint density at radius 3 is 2.72 bits per heavy atom. The largest absolute Gasteiger partial charge is 0.326 e. The summed E-state index contributed by atoms with van der Waals surface area (Å²) in [6, 6.07) is 8.72. The van der Waals surface area contributed by atoms with E-state index in [4.69, 9.17) is 0 Å². The van der Waals surface area contributed by atoms with Gasteiger partial charge < -0.3 is 10.6 Å². The molecule has 0 aliphatic carbocycles. The first-order valence-corrected chi connectivity index (χ1v) is 7.55. The van der Waals surface area contributed by atoms with Gasteiger partial charge >= 0.3 is 0 Å². The van der Waals surface area contributed by atoms with Crippen molar-refractivity contribution in [3.8, 4) is 0 Å². The molecule has 1 aromatic rings. The fourth-order valence-corrected chi connectivity index (χ4v) is 2.51. The number of amides is 1. The summed E-state index contributed by atoms with van der Waals surface area (Å²) in [6.45, 7) is 5.85. The van der Waals surface area contributed by atoms with Crippen LogP contribution in [-0.2, 0) is 4.79 Å². The van der Waals surface area contributed by atoms with E-state index in [0.29, 0.717) is 6.04 Å². The van der Waals surface area contributed by atoms with Gasteiger partial charge in [0.25, 0.3) is 0 Å². The van der Waals surface area contributed by atoms with Crippen molar-refractivity contribution in [1.29, 1.82) is 0 Å². The first kappa shape index (κ1) is 15.1. The molecule has 0 fully saturated rings. The van der Waals surface area contributed by atoms with Gasteiger partial charge in [-0.15, -0.1) is 0 Å². The molecule has 1 amide bonds. The van der Waals surface area contributed by atoms with Gasteiger partial charge in [-0.2, -0.15) is 11.8 Å². The number of benzene rings is 1. The van der Waals surface area contributed by atoms with Gasteiger partial charge in [-0.25, -0.2) is 0 Å². The fraction of sp³-hybridized carbons (Fsp3) is 0.500. The Bertz CT molecular complexity index is 395. The van der Waals surface area contributed by atoms with Gasteiger partial charge in [-0.1, -0.05) is 12.1 Å². The molecule has 18 heavy (non-hydrogen) atoms. The average molecular weight is 266 g/mol. The third-order valence-electron chi connectivity index (χ3n) is 2.66. The van der Waals surface area contributed by atoms with Gasteiger partial charge in [-0.3, -0.25) is 4.79 Å². The van der Waals surface area contributed by atoms with E-state index in [1.54, 1.807) is 0 Å². The Labute approximate surface area is 114 Å². The molecular weight excluding hydrogens is 244 g/mol. The molecule has 0 saturated heterocycles. The quantitative estimate of drug-likeness (QED) is 0.831. The molecule has 2 atom stereocenters. The van der Waals surface area contributed by atoms with E-state index in [0.717, 1.165) is 11.4 Å². The van der Waals surface area contributed by atoms with E-state index in [1.165, 1.54) is 12.5 Å². The second kappa shape index (κ2) is 7.44. The standard InChI is InChI=1S/C14H22N2OS/c1-10(9-18-4)15-11(2)13-6-5-7-14(8-13)16-12(3)17/h5-8,10-11,15H,9H2,1-4H3,(H,16,17). The van der Waals surface area contributed by atoms with Crippen LogP contribution in [0.15, 0.2) is 24.3 Å². The molecule has 0 aliphatic rings. The SMILES string of the molecule is CSCC(C)NC(C)c1cccc(NC(C)=O)c1. The smallest absolute Gasteiger partial charge is 0.221 e. The molecule has 1 rings (SSSR count). The highest BCUT2D eigenvalue weighted by atomic mass is 32.2. The first-order valence-electron chi connectivity index (χ1n) is 6.15. The van der Waals surface area contributed by atoms with Gasteiger partial charge in [0.1, 0.15) is 0 Å². The minimum absolute atomic E-state index is 0.0384. The van der Waals surface area contributed by atoms with E-state index in [1.807, 2.05) is 30.0 Å². The van der Waals surface area contributed by atoms with Crippen molar-refractivity contribution in [3.05, 3.63) is 29.8 Å². The molecule has 2 N–H and O–H groups in total. The van der Waals surface area contributed by atoms with Gasteiger partial charge in [0.15, 0.2) is 0 Å². The summed E-state index contributed by atoms with van der Waals surface area (Å²) in [5, 5.41) is 6.35. The second-order valence-electron chi connectivity index (χ2n) is 4.55. The van der Waals surface area contributed by atoms with Crippen LogP contribution in [0.4, 0.5) is 5.69 Å². The number of carbonyl (C=O) groups excluding carboxylic acids is 1. The lowest BCUT2D eigenvalue weighted by Gasteiger charge is -2.20. The van der Waals surface area contributed by atoms with Crippen LogP contribution in [0.25, 0.3) is 0 Å². The number of anilines is 1. The van der Waals surface area contributed by atoms with Crippen LogP contribution in [0.5, 0.6) is 0 Å². The summed E-state index contributed by atoms with van der Waals surface area (Å²) >= 11 is 1.84. The van der Waals surface area contributed by atoms with Crippen molar-refractivity contribution >= 4 is 23.4 Å². The molecule has 4 heteroatoms. The number of hydrogen-bond acceptors (Lipinski definition) is 3. The molecule has 0 radical (unpaired) electrons. The predicted molar refractivity (Wildman–Crippen MR) is 80.1 cm³/mol. The number of nitrogens with one attached hydrogen (secondary N) is 2. The lowest BCUT2D eigenvalue weighted by atomic mass is 10.1. The van der Waals surface area contributed by atoms with Crippen LogP contribution in [0.3, 0.4) is 0 Å². The summed E-state index contributed by atoms with van der Waals surface area (Å²) < 4.78 is 0. The highest BCUT2D eigenvalue weighted by Crippen LogP contribution is 2.18. The van der Waals surface area contributed by atoms with Crippen LogP contribution in [0.1, 0.15) is 32.4 Å². The summed E-state index contributed by atoms with van der Waals surface area (Å²) in [4.78, 5) is 11.0. The average Bonchev–Trinajstić information content (AvgIpc) is 2.28. The normalized spacial score (nSPS) is 14.0. The summed E-state index contributed by atoms with van der Waals surface area (Å²) in [6.07, 6.45) is 2.11. The topological polar surface area (TPSA) is 41.1 Å². The molecule has 0 aromatic heterocycles. The molecule has 1 aromatic carbocycles. The van der Waals surface area contributed by atoms with Crippen LogP contribution in [0.2, 0.25) is 0 Å². The van der Waals surface area contributed by atoms with Crippen molar-refractivity contribution in [2.75, 3.05) is 17.3 Å². The van der Waals surface area contributed by atoms with E-state index in [9.17, 15) is 4.79 Å². The molecule has 0 spiro atoms. The maximum atomic E-state index is 11.0. The Balaban J connectivity index is 2.67. The predicted octanol–water partition coefficient (Wildman–Crippen LogP) is 3.05. The van der Waals surface area contributed by atoms with Gasteiger partial charge in [0, 0.05) is 30.4 Å². The van der Waals surface area contributed by atoms with Gasteiger partial charge in [0.05, 0.1) is 0 Å². The Morgan fingerprint density at radius 2 is 2.11 bits per heavy atom. The molecular formula is C14H22N2OS. The zero-order valence-corrected chi connectivity index (χ0v) is 12.3. The van der Waals surface area contributed by atoms with E-state index in [2.05, 4.69) is 36.8 Å². The fourth-order valence-electron chi connectivity index (χ4n) is 1.91. The molecule has 0 aliphatic heterocycles. The number of carbonyl (C=O) groups is 1. The zero-order valence-electron chi connectivity index (χ0n) is 11.5. The Hall–Kier alpha value is -1.00. The van der Waals surface area contributed by atoms with E-state index >= 15 is 0 Å². The Kier molecular flexibility index (Phi) is 6.22. The van der Waals surface area contributed by atoms with Crippen LogP contribution in [0, 0.1) is 0 Å². The highest BCUT2D eigenvalue weighted by molar-refractivity contribution is 7.98. The number of thioether (sulfide) groups is 1. The molecule has 0 saturated carbocycles. The van der Waals surface area contributed by atoms with Crippen molar-refractivity contribution in [2.45, 2.75) is 32.9 Å². The lowest BCUT2D eigenvalue weighted by Crippen LogP contribution is -2.30. The van der Waals surface area contributed by atoms with E-state index < -0.39 is 0 Å². The van der Waals surface area contributed by atoms with Gasteiger partial charge in [-0.05, 0) is 37.8 Å². The monoisotopic (exact) mass is 266 g/mol. The van der Waals surface area contributed by atoms with Gasteiger partial charge in [0.2, 0.25) is 5.91 Å². The summed E-state index contributed by atoms with van der Waals surface area (Å²) in [7, 11) is 0. The van der Waals surface area contributed by atoms with E-state index in [-0.39, 0.29) is 11.9 Å². The number of rotatable bonds is 6. The molecule has 2 unspecified atom stereocenters. The number of hydrogen-bond donors (Lipinski definition) is 2. The van der Waals surface area contributed by atoms with Crippen molar-refractivity contribution in [2.24, 2.45) is 0 Å². The summed E-state index contributed by atoms with van der Waals surface area (Å²) in [5.41, 5.74) is 2.04. The lowest BCUT2D eigenvalue weighted by molar-refractivity contribution is -0.114. The third-order valence-corrected chi connectivity index (χ3v) is 3.49. The molecule has 0 heterocycles. The molecule has 100 valence electrons. The molecule has 3 nitrogen and oxygen atoms in total. The van der Waals surface area contributed by atoms with Crippen LogP contribution >= 0.6 is 11.8 Å². The Morgan fingerprint density at radius 1 is 1.39 bits per heavy atom. The van der Waals surface area contributed by atoms with Crippen molar-refractivity contribution in [3.63, 3.8) is 0 Å². The third kappa shape index (κ3) is 5.10. The molecule has 0 bridgehead atoms. The zero-order chi connectivity index (χ0) is 13.5. The van der Waals surface area contributed by atoms with Crippen molar-refractivity contribution in [1.82, 2.24) is 5.32 Å². The first-order chi connectivity index (χ1) is 8.52. The minimum atomic E-state index is -0.0384. The maximum absolute atomic E-state index is 11.0. The van der Waals surface area contributed by atoms with Crippen LogP contribution in [-0.4, -0.2) is 24.0 Å². The maximum Gasteiger partial charge on any atom is 0.221 e. The highest BCUT2D eigenvalue weighted by Gasteiger charge is 2.09. The second-order valence-corrected chi connectivity index (χ2v) is 5.46.